The number of nitrogens with zero attached hydrogens (tertiary/aromatic N) is 3. The van der Waals surface area contributed by atoms with Gasteiger partial charge in [0.1, 0.15) is 29.4 Å². The number of ether oxygens (including phenoxy) is 2. The van der Waals surface area contributed by atoms with Crippen LogP contribution < -0.4 is 5.73 Å². The van der Waals surface area contributed by atoms with Gasteiger partial charge in [-0.1, -0.05) is 13.3 Å². The average molecular weight is 258 g/mol. The molecule has 0 spiro atoms. The summed E-state index contributed by atoms with van der Waals surface area (Å²) in [7, 11) is 0. The first-order valence-electron chi connectivity index (χ1n) is 5.82. The van der Waals surface area contributed by atoms with Crippen molar-refractivity contribution < 1.29 is 9.47 Å². The Hall–Kier alpha value is -2.49. The molecular formula is C13H14N4O2. The molecular weight excluding hydrogens is 244 g/mol. The molecule has 6 nitrogen and oxygen atoms in total. The van der Waals surface area contributed by atoms with E-state index in [4.69, 9.17) is 31.0 Å². The van der Waals surface area contributed by atoms with Gasteiger partial charge in [0.2, 0.25) is 11.7 Å². The molecule has 0 aromatic heterocycles. The predicted octanol–water partition coefficient (Wildman–Crippen LogP) is 1.59. The van der Waals surface area contributed by atoms with Gasteiger partial charge in [0.15, 0.2) is 0 Å². The summed E-state index contributed by atoms with van der Waals surface area (Å²) < 4.78 is 10.9. The lowest BCUT2D eigenvalue weighted by atomic mass is 9.97. The largest absolute Gasteiger partial charge is 0.442 e. The first kappa shape index (κ1) is 14.6. The SMILES string of the molecule is CCCCO[C@]1(C)OC(N)=C(C#N)C1=C(C#N)C#N. The van der Waals surface area contributed by atoms with Crippen LogP contribution in [-0.4, -0.2) is 12.4 Å². The van der Waals surface area contributed by atoms with Gasteiger partial charge in [0.05, 0.1) is 12.2 Å². The van der Waals surface area contributed by atoms with Crippen molar-refractivity contribution in [2.24, 2.45) is 5.73 Å². The van der Waals surface area contributed by atoms with Crippen molar-refractivity contribution in [1.82, 2.24) is 0 Å². The van der Waals surface area contributed by atoms with E-state index in [1.54, 1.807) is 19.1 Å². The van der Waals surface area contributed by atoms with Gasteiger partial charge >= 0.3 is 0 Å². The fourth-order valence-corrected chi connectivity index (χ4v) is 1.77. The Kier molecular flexibility index (Phi) is 4.53. The zero-order valence-corrected chi connectivity index (χ0v) is 10.9. The highest BCUT2D eigenvalue weighted by atomic mass is 16.7. The Morgan fingerprint density at radius 2 is 2.00 bits per heavy atom. The maximum absolute atomic E-state index is 9.07. The lowest BCUT2D eigenvalue weighted by Crippen LogP contribution is -2.32. The van der Waals surface area contributed by atoms with Crippen molar-refractivity contribution in [3.63, 3.8) is 0 Å². The first-order chi connectivity index (χ1) is 9.03. The zero-order chi connectivity index (χ0) is 14.5. The van der Waals surface area contributed by atoms with Gasteiger partial charge in [0, 0.05) is 6.92 Å². The molecule has 0 fully saturated rings. The summed E-state index contributed by atoms with van der Waals surface area (Å²) in [6.07, 6.45) is 1.72. The van der Waals surface area contributed by atoms with E-state index >= 15 is 0 Å². The minimum Gasteiger partial charge on any atom is -0.442 e. The Balaban J connectivity index is 3.24. The summed E-state index contributed by atoms with van der Waals surface area (Å²) in [4.78, 5) is 0. The van der Waals surface area contributed by atoms with Crippen molar-refractivity contribution >= 4 is 0 Å². The molecule has 98 valence electrons. The summed E-state index contributed by atoms with van der Waals surface area (Å²) in [5.41, 5.74) is 5.47. The highest BCUT2D eigenvalue weighted by Gasteiger charge is 2.45. The van der Waals surface area contributed by atoms with Gasteiger partial charge in [-0.3, -0.25) is 0 Å². The van der Waals surface area contributed by atoms with Crippen LogP contribution in [0.3, 0.4) is 0 Å². The summed E-state index contributed by atoms with van der Waals surface area (Å²) >= 11 is 0. The monoisotopic (exact) mass is 258 g/mol. The van der Waals surface area contributed by atoms with E-state index in [0.717, 1.165) is 12.8 Å². The van der Waals surface area contributed by atoms with E-state index < -0.39 is 5.79 Å². The van der Waals surface area contributed by atoms with Crippen LogP contribution in [0.15, 0.2) is 22.6 Å². The van der Waals surface area contributed by atoms with Crippen molar-refractivity contribution in [2.45, 2.75) is 32.5 Å². The van der Waals surface area contributed by atoms with Crippen LogP contribution in [-0.2, 0) is 9.47 Å². The highest BCUT2D eigenvalue weighted by molar-refractivity contribution is 5.59. The van der Waals surface area contributed by atoms with E-state index in [1.807, 2.05) is 13.0 Å². The molecule has 0 aromatic carbocycles. The van der Waals surface area contributed by atoms with Crippen LogP contribution in [0.1, 0.15) is 26.7 Å². The van der Waals surface area contributed by atoms with Gasteiger partial charge in [-0.05, 0) is 6.42 Å². The third kappa shape index (κ3) is 2.68. The van der Waals surface area contributed by atoms with Crippen molar-refractivity contribution in [1.29, 1.82) is 15.8 Å². The summed E-state index contributed by atoms with van der Waals surface area (Å²) in [5.74, 6) is -1.48. The zero-order valence-electron chi connectivity index (χ0n) is 10.9. The number of hydrogen-bond acceptors (Lipinski definition) is 6. The van der Waals surface area contributed by atoms with Gasteiger partial charge < -0.3 is 15.2 Å². The topological polar surface area (TPSA) is 116 Å². The quantitative estimate of drug-likeness (QED) is 0.604. The Morgan fingerprint density at radius 3 is 2.47 bits per heavy atom. The van der Waals surface area contributed by atoms with E-state index in [1.165, 1.54) is 0 Å². The molecule has 0 saturated heterocycles. The Bertz CT molecular complexity index is 541. The molecule has 0 unspecified atom stereocenters. The van der Waals surface area contributed by atoms with Crippen molar-refractivity contribution in [2.75, 3.05) is 6.61 Å². The second-order valence-corrected chi connectivity index (χ2v) is 4.07. The van der Waals surface area contributed by atoms with Crippen molar-refractivity contribution in [3.05, 3.63) is 22.6 Å². The third-order valence-corrected chi connectivity index (χ3v) is 2.72. The van der Waals surface area contributed by atoms with Gasteiger partial charge in [-0.2, -0.15) is 15.8 Å². The molecule has 1 aliphatic heterocycles. The minimum absolute atomic E-state index is 0.0166. The standard InChI is InChI=1S/C13H14N4O2/c1-3-4-5-18-13(2)11(9(6-14)7-15)10(8-16)12(17)19-13/h3-5,17H2,1-2H3/t13-/m1/s1. The lowest BCUT2D eigenvalue weighted by molar-refractivity contribution is -0.165. The molecule has 1 atom stereocenters. The Morgan fingerprint density at radius 1 is 1.37 bits per heavy atom. The highest BCUT2D eigenvalue weighted by Crippen LogP contribution is 2.39. The maximum atomic E-state index is 9.07. The van der Waals surface area contributed by atoms with Crippen LogP contribution in [0.4, 0.5) is 0 Å². The average Bonchev–Trinajstić information content (AvgIpc) is 2.63. The van der Waals surface area contributed by atoms with E-state index in [0.29, 0.717) is 6.61 Å². The first-order valence-corrected chi connectivity index (χ1v) is 5.82. The minimum atomic E-state index is -1.36. The van der Waals surface area contributed by atoms with Crippen molar-refractivity contribution in [3.8, 4) is 18.2 Å². The molecule has 1 rings (SSSR count). The summed E-state index contributed by atoms with van der Waals surface area (Å²) in [6, 6.07) is 5.33. The van der Waals surface area contributed by atoms with Gasteiger partial charge in [0.25, 0.3) is 0 Å². The molecule has 19 heavy (non-hydrogen) atoms. The Labute approximate surface area is 111 Å². The number of allylic oxidation sites excluding steroid dienone is 1. The number of nitriles is 3. The molecule has 2 N–H and O–H groups in total. The molecule has 1 heterocycles. The van der Waals surface area contributed by atoms with E-state index in [2.05, 4.69) is 0 Å². The number of nitrogens with two attached hydrogens (primary N) is 1. The van der Waals surface area contributed by atoms with Crippen LogP contribution >= 0.6 is 0 Å². The molecule has 0 aliphatic carbocycles. The molecule has 0 saturated carbocycles. The molecule has 1 aliphatic rings. The maximum Gasteiger partial charge on any atom is 0.239 e. The molecule has 0 amide bonds. The summed E-state index contributed by atoms with van der Waals surface area (Å²) in [6.45, 7) is 3.93. The van der Waals surface area contributed by atoms with Gasteiger partial charge in [-0.25, -0.2) is 0 Å². The number of unbranched alkanes of at least 4 members (excludes halogenated alkanes) is 1. The second-order valence-electron chi connectivity index (χ2n) is 4.07. The van der Waals surface area contributed by atoms with Crippen LogP contribution in [0.2, 0.25) is 0 Å². The third-order valence-electron chi connectivity index (χ3n) is 2.72. The molecule has 0 aromatic rings. The van der Waals surface area contributed by atoms with E-state index in [9.17, 15) is 0 Å². The van der Waals surface area contributed by atoms with Crippen LogP contribution in [0.25, 0.3) is 0 Å². The summed E-state index contributed by atoms with van der Waals surface area (Å²) in [5, 5.41) is 27.0. The second kappa shape index (κ2) is 5.91. The normalized spacial score (nSPS) is 21.3. The number of rotatable bonds is 4. The smallest absolute Gasteiger partial charge is 0.239 e. The predicted molar refractivity (Wildman–Crippen MR) is 65.4 cm³/mol. The molecule has 0 bridgehead atoms. The van der Waals surface area contributed by atoms with E-state index in [-0.39, 0.29) is 22.6 Å². The lowest BCUT2D eigenvalue weighted by Gasteiger charge is -2.26. The molecule has 0 radical (unpaired) electrons. The fourth-order valence-electron chi connectivity index (χ4n) is 1.77. The fraction of sp³-hybridized carbons (Fsp3) is 0.462. The number of hydrogen-bond donors (Lipinski definition) is 1. The van der Waals surface area contributed by atoms with Gasteiger partial charge in [-0.15, -0.1) is 0 Å². The van der Waals surface area contributed by atoms with Crippen LogP contribution in [0, 0.1) is 34.0 Å². The molecule has 6 heteroatoms. The van der Waals surface area contributed by atoms with Crippen LogP contribution in [0.5, 0.6) is 0 Å².